The first-order chi connectivity index (χ1) is 13.8. The quantitative estimate of drug-likeness (QED) is 0.671. The molecule has 0 unspecified atom stereocenters. The van der Waals surface area contributed by atoms with Gasteiger partial charge in [-0.1, -0.05) is 17.7 Å². The Balaban J connectivity index is 1.49. The second-order valence-corrected chi connectivity index (χ2v) is 10.9. The molecule has 0 radical (unpaired) electrons. The molecular formula is C21H26N4O2S2. The van der Waals surface area contributed by atoms with Gasteiger partial charge in [0, 0.05) is 35.9 Å². The number of anilines is 1. The third-order valence-electron chi connectivity index (χ3n) is 5.53. The van der Waals surface area contributed by atoms with Crippen molar-refractivity contribution in [3.05, 3.63) is 46.1 Å². The van der Waals surface area contributed by atoms with Gasteiger partial charge in [0.1, 0.15) is 0 Å². The lowest BCUT2D eigenvalue weighted by atomic mass is 9.98. The van der Waals surface area contributed by atoms with Crippen LogP contribution in [0.4, 0.5) is 5.13 Å². The van der Waals surface area contributed by atoms with E-state index >= 15 is 0 Å². The van der Waals surface area contributed by atoms with Crippen LogP contribution < -0.4 is 4.90 Å². The maximum atomic E-state index is 12.8. The van der Waals surface area contributed by atoms with E-state index in [0.717, 1.165) is 16.5 Å². The summed E-state index contributed by atoms with van der Waals surface area (Å²) >= 11 is 1.63. The number of aryl methyl sites for hydroxylation is 4. The van der Waals surface area contributed by atoms with Gasteiger partial charge < -0.3 is 9.88 Å². The minimum Gasteiger partial charge on any atom is -0.348 e. The minimum absolute atomic E-state index is 0.0929. The van der Waals surface area contributed by atoms with Crippen molar-refractivity contribution < 1.29 is 8.42 Å². The predicted octanol–water partition coefficient (Wildman–Crippen LogP) is 4.21. The molecule has 0 atom stereocenters. The summed E-state index contributed by atoms with van der Waals surface area (Å²) in [7, 11) is -3.41. The molecule has 0 spiro atoms. The van der Waals surface area contributed by atoms with Gasteiger partial charge in [0.15, 0.2) is 5.13 Å². The Labute approximate surface area is 175 Å². The molecule has 0 amide bonds. The number of nitrogens with one attached hydrogen (secondary N) is 1. The van der Waals surface area contributed by atoms with Crippen LogP contribution in [-0.4, -0.2) is 41.7 Å². The fourth-order valence-electron chi connectivity index (χ4n) is 4.16. The third-order valence-corrected chi connectivity index (χ3v) is 8.52. The monoisotopic (exact) mass is 430 g/mol. The lowest BCUT2D eigenvalue weighted by Gasteiger charge is -2.31. The zero-order valence-corrected chi connectivity index (χ0v) is 18.8. The Morgan fingerprint density at radius 3 is 2.34 bits per heavy atom. The first-order valence-electron chi connectivity index (χ1n) is 9.80. The van der Waals surface area contributed by atoms with E-state index in [1.165, 1.54) is 22.3 Å². The molecule has 1 N–H and O–H groups in total. The number of nitrogens with zero attached hydrogens (tertiary/aromatic N) is 3. The zero-order chi connectivity index (χ0) is 20.8. The van der Waals surface area contributed by atoms with Crippen LogP contribution in [0.15, 0.2) is 28.9 Å². The molecule has 0 bridgehead atoms. The summed E-state index contributed by atoms with van der Waals surface area (Å²) in [4.78, 5) is 14.0. The van der Waals surface area contributed by atoms with Gasteiger partial charge in [-0.25, -0.2) is 18.4 Å². The van der Waals surface area contributed by atoms with Crippen LogP contribution in [0, 0.1) is 27.7 Å². The molecule has 3 aromatic rings. The summed E-state index contributed by atoms with van der Waals surface area (Å²) in [6.07, 6.45) is 2.73. The first-order valence-corrected chi connectivity index (χ1v) is 12.2. The van der Waals surface area contributed by atoms with Gasteiger partial charge in [-0.2, -0.15) is 0 Å². The highest BCUT2D eigenvalue weighted by atomic mass is 32.2. The number of hydrogen-bond acceptors (Lipinski definition) is 6. The second kappa shape index (κ2) is 7.57. The molecule has 4 rings (SSSR count). The van der Waals surface area contributed by atoms with Crippen LogP contribution in [0.25, 0.3) is 11.3 Å². The van der Waals surface area contributed by atoms with E-state index in [4.69, 9.17) is 4.98 Å². The summed E-state index contributed by atoms with van der Waals surface area (Å²) in [5.41, 5.74) is 6.69. The van der Waals surface area contributed by atoms with Gasteiger partial charge >= 0.3 is 0 Å². The van der Waals surface area contributed by atoms with E-state index in [9.17, 15) is 8.42 Å². The summed E-state index contributed by atoms with van der Waals surface area (Å²) in [5.74, 6) is 0. The lowest BCUT2D eigenvalue weighted by molar-refractivity contribution is 0.524. The maximum absolute atomic E-state index is 12.8. The van der Waals surface area contributed by atoms with Crippen LogP contribution in [0.1, 0.15) is 35.2 Å². The molecule has 2 aromatic heterocycles. The van der Waals surface area contributed by atoms with Crippen molar-refractivity contribution in [3.8, 4) is 11.3 Å². The molecule has 8 heteroatoms. The lowest BCUT2D eigenvalue weighted by Crippen LogP contribution is -2.39. The molecule has 1 aromatic carbocycles. The molecular weight excluding hydrogens is 404 g/mol. The predicted molar refractivity (Wildman–Crippen MR) is 118 cm³/mol. The fourth-order valence-corrected chi connectivity index (χ4v) is 6.68. The summed E-state index contributed by atoms with van der Waals surface area (Å²) in [6.45, 7) is 9.54. The molecule has 1 fully saturated rings. The van der Waals surface area contributed by atoms with Crippen LogP contribution in [0.3, 0.4) is 0 Å². The van der Waals surface area contributed by atoms with E-state index < -0.39 is 15.1 Å². The van der Waals surface area contributed by atoms with Crippen molar-refractivity contribution in [1.29, 1.82) is 0 Å². The number of aromatic amines is 1. The molecule has 154 valence electrons. The summed E-state index contributed by atoms with van der Waals surface area (Å²) in [6, 6.07) is 4.38. The van der Waals surface area contributed by atoms with Gasteiger partial charge in [0.05, 0.1) is 10.9 Å². The molecule has 29 heavy (non-hydrogen) atoms. The third kappa shape index (κ3) is 3.83. The number of benzene rings is 1. The fraction of sp³-hybridized carbons (Fsp3) is 0.429. The number of sulfone groups is 1. The normalized spacial score (nSPS) is 15.8. The highest BCUT2D eigenvalue weighted by Crippen LogP contribution is 2.34. The molecule has 0 aliphatic carbocycles. The van der Waals surface area contributed by atoms with Crippen molar-refractivity contribution in [2.24, 2.45) is 0 Å². The number of aromatic nitrogens is 3. The number of H-pyrrole nitrogens is 1. The smallest absolute Gasteiger partial charge is 0.225 e. The number of thiazole rings is 1. The summed E-state index contributed by atoms with van der Waals surface area (Å²) in [5, 5.41) is 2.76. The molecule has 6 nitrogen and oxygen atoms in total. The number of hydrogen-bond donors (Lipinski definition) is 1. The van der Waals surface area contributed by atoms with Crippen LogP contribution in [0.5, 0.6) is 0 Å². The second-order valence-electron chi connectivity index (χ2n) is 7.89. The van der Waals surface area contributed by atoms with Gasteiger partial charge in [-0.3, -0.25) is 0 Å². The van der Waals surface area contributed by atoms with Gasteiger partial charge in [-0.15, -0.1) is 11.3 Å². The molecule has 3 heterocycles. The average Bonchev–Trinajstić information content (AvgIpc) is 3.31. The van der Waals surface area contributed by atoms with Crippen molar-refractivity contribution in [2.45, 2.75) is 50.9 Å². The number of imidazole rings is 1. The van der Waals surface area contributed by atoms with E-state index in [1.54, 1.807) is 17.5 Å². The van der Waals surface area contributed by atoms with Crippen LogP contribution in [-0.2, 0) is 9.84 Å². The number of piperidine rings is 1. The van der Waals surface area contributed by atoms with Crippen molar-refractivity contribution in [1.82, 2.24) is 15.0 Å². The Hall–Kier alpha value is -2.19. The maximum Gasteiger partial charge on any atom is 0.225 e. The summed E-state index contributed by atoms with van der Waals surface area (Å²) < 4.78 is 25.6. The highest BCUT2D eigenvalue weighted by molar-refractivity contribution is 7.91. The average molecular weight is 431 g/mol. The van der Waals surface area contributed by atoms with Gasteiger partial charge in [-0.05, 0) is 51.7 Å². The topological polar surface area (TPSA) is 79.0 Å². The largest absolute Gasteiger partial charge is 0.348 e. The van der Waals surface area contributed by atoms with E-state index in [0.29, 0.717) is 25.9 Å². The first kappa shape index (κ1) is 20.1. The van der Waals surface area contributed by atoms with Gasteiger partial charge in [0.2, 0.25) is 15.0 Å². The Morgan fingerprint density at radius 1 is 1.10 bits per heavy atom. The molecule has 1 aliphatic heterocycles. The minimum atomic E-state index is -3.41. The van der Waals surface area contributed by atoms with Crippen molar-refractivity contribution in [2.75, 3.05) is 18.0 Å². The Kier molecular flexibility index (Phi) is 5.25. The molecule has 1 aliphatic rings. The SMILES string of the molecule is Cc1cc(C)c(-c2csc(N3CCC(S(=O)(=O)c4ncc(C)[nH]4)CC3)n2)c(C)c1. The van der Waals surface area contributed by atoms with E-state index in [-0.39, 0.29) is 5.16 Å². The zero-order valence-electron chi connectivity index (χ0n) is 17.2. The highest BCUT2D eigenvalue weighted by Gasteiger charge is 2.34. The van der Waals surface area contributed by atoms with Crippen LogP contribution >= 0.6 is 11.3 Å². The molecule has 0 saturated carbocycles. The Bertz CT molecular complexity index is 1120. The standard InChI is InChI=1S/C21H26N4O2S2/c1-13-9-14(2)19(15(3)10-13)18-12-28-21(24-18)25-7-5-17(6-8-25)29(26,27)20-22-11-16(4)23-20/h9-12,17H,5-8H2,1-4H3,(H,22,23). The van der Waals surface area contributed by atoms with E-state index in [2.05, 4.69) is 53.2 Å². The Morgan fingerprint density at radius 2 is 1.76 bits per heavy atom. The van der Waals surface area contributed by atoms with Crippen LogP contribution in [0.2, 0.25) is 0 Å². The van der Waals surface area contributed by atoms with Crippen molar-refractivity contribution >= 4 is 26.3 Å². The van der Waals surface area contributed by atoms with Crippen molar-refractivity contribution in [3.63, 3.8) is 0 Å². The van der Waals surface area contributed by atoms with E-state index in [1.807, 2.05) is 6.92 Å². The number of rotatable bonds is 4. The molecule has 1 saturated heterocycles. The van der Waals surface area contributed by atoms with Gasteiger partial charge in [0.25, 0.3) is 0 Å².